The second-order valence-corrected chi connectivity index (χ2v) is 10.6. The molecule has 1 aliphatic rings. The average molecular weight is 536 g/mol. The summed E-state index contributed by atoms with van der Waals surface area (Å²) in [7, 11) is -3.86. The number of hydrazone groups is 1. The molecule has 1 atom stereocenters. The first-order chi connectivity index (χ1) is 16.7. The monoisotopic (exact) mass is 535 g/mol. The highest BCUT2D eigenvalue weighted by atomic mass is 35.5. The van der Waals surface area contributed by atoms with E-state index in [1.165, 1.54) is 12.1 Å². The lowest BCUT2D eigenvalue weighted by Crippen LogP contribution is -2.29. The summed E-state index contributed by atoms with van der Waals surface area (Å²) >= 11 is 12.6. The van der Waals surface area contributed by atoms with Crippen LogP contribution in [0.2, 0.25) is 10.0 Å². The normalized spacial score (nSPS) is 15.9. The van der Waals surface area contributed by atoms with Crippen LogP contribution >= 0.6 is 23.2 Å². The Balaban J connectivity index is 1.61. The van der Waals surface area contributed by atoms with Crippen LogP contribution in [-0.2, 0) is 10.0 Å². The molecule has 3 aromatic rings. The molecule has 0 amide bonds. The van der Waals surface area contributed by atoms with Gasteiger partial charge in [0.2, 0.25) is 10.0 Å². The molecule has 0 saturated carbocycles. The van der Waals surface area contributed by atoms with Crippen LogP contribution in [0.4, 0.5) is 10.1 Å². The van der Waals surface area contributed by atoms with E-state index in [9.17, 15) is 12.8 Å². The van der Waals surface area contributed by atoms with Crippen molar-refractivity contribution in [1.29, 1.82) is 0 Å². The van der Waals surface area contributed by atoms with Crippen molar-refractivity contribution < 1.29 is 17.5 Å². The minimum absolute atomic E-state index is 0.00557. The topological polar surface area (TPSA) is 71.0 Å². The van der Waals surface area contributed by atoms with Crippen LogP contribution in [0.3, 0.4) is 0 Å². The van der Waals surface area contributed by atoms with Crippen LogP contribution in [0.5, 0.6) is 5.75 Å². The van der Waals surface area contributed by atoms with Crippen LogP contribution < -0.4 is 14.5 Å². The van der Waals surface area contributed by atoms with Crippen molar-refractivity contribution in [1.82, 2.24) is 4.72 Å². The van der Waals surface area contributed by atoms with E-state index in [2.05, 4.69) is 4.72 Å². The molecule has 0 spiro atoms. The Labute approximate surface area is 214 Å². The highest BCUT2D eigenvalue weighted by Gasteiger charge is 2.31. The van der Waals surface area contributed by atoms with Crippen molar-refractivity contribution in [3.63, 3.8) is 0 Å². The van der Waals surface area contributed by atoms with Gasteiger partial charge in [0.1, 0.15) is 11.6 Å². The van der Waals surface area contributed by atoms with Crippen LogP contribution in [0.25, 0.3) is 0 Å². The first-order valence-corrected chi connectivity index (χ1v) is 13.2. The van der Waals surface area contributed by atoms with Gasteiger partial charge in [-0.2, -0.15) is 5.10 Å². The number of hydrogen-bond donors (Lipinski definition) is 1. The van der Waals surface area contributed by atoms with Gasteiger partial charge in [0, 0.05) is 11.4 Å². The first kappa shape index (κ1) is 25.4. The molecule has 1 N–H and O–H groups in total. The van der Waals surface area contributed by atoms with Crippen LogP contribution in [-0.4, -0.2) is 27.3 Å². The second kappa shape index (κ2) is 10.5. The minimum Gasteiger partial charge on any atom is -0.494 e. The van der Waals surface area contributed by atoms with E-state index < -0.39 is 15.8 Å². The van der Waals surface area contributed by atoms with Gasteiger partial charge >= 0.3 is 0 Å². The van der Waals surface area contributed by atoms with E-state index in [1.54, 1.807) is 30.1 Å². The Bertz CT molecular complexity index is 1360. The lowest BCUT2D eigenvalue weighted by Gasteiger charge is -2.25. The summed E-state index contributed by atoms with van der Waals surface area (Å²) in [5.41, 5.74) is 2.57. The van der Waals surface area contributed by atoms with Crippen molar-refractivity contribution in [2.45, 2.75) is 31.2 Å². The summed E-state index contributed by atoms with van der Waals surface area (Å²) in [6, 6.07) is 16.2. The maximum absolute atomic E-state index is 13.4. The fourth-order valence-electron chi connectivity index (χ4n) is 3.95. The number of rotatable bonds is 8. The third kappa shape index (κ3) is 5.78. The van der Waals surface area contributed by atoms with E-state index in [4.69, 9.17) is 33.0 Å². The molecule has 1 aliphatic heterocycles. The Hall–Kier alpha value is -2.65. The number of nitrogens with one attached hydrogen (secondary N) is 1. The molecule has 4 rings (SSSR count). The Morgan fingerprint density at radius 3 is 2.51 bits per heavy atom. The van der Waals surface area contributed by atoms with E-state index in [0.29, 0.717) is 40.0 Å². The number of sulfonamides is 1. The summed E-state index contributed by atoms with van der Waals surface area (Å²) in [4.78, 5) is 0.0261. The van der Waals surface area contributed by atoms with Crippen molar-refractivity contribution in [2.24, 2.45) is 5.10 Å². The maximum Gasteiger partial charge on any atom is 0.241 e. The van der Waals surface area contributed by atoms with Crippen LogP contribution in [0.1, 0.15) is 30.5 Å². The predicted octanol–water partition coefficient (Wildman–Crippen LogP) is 6.13. The van der Waals surface area contributed by atoms with Gasteiger partial charge in [-0.25, -0.2) is 17.5 Å². The smallest absolute Gasteiger partial charge is 0.241 e. The van der Waals surface area contributed by atoms with Crippen LogP contribution in [0, 0.1) is 12.7 Å². The highest BCUT2D eigenvalue weighted by Crippen LogP contribution is 2.40. The molecule has 35 heavy (non-hydrogen) atoms. The average Bonchev–Trinajstić information content (AvgIpc) is 3.22. The maximum atomic E-state index is 13.4. The van der Waals surface area contributed by atoms with Crippen molar-refractivity contribution in [2.75, 3.05) is 18.2 Å². The molecule has 0 fully saturated rings. The zero-order valence-corrected chi connectivity index (χ0v) is 21.5. The number of aryl methyl sites for hydroxylation is 1. The number of halogens is 3. The van der Waals surface area contributed by atoms with Gasteiger partial charge in [0.25, 0.3) is 0 Å². The number of benzene rings is 3. The molecule has 0 radical (unpaired) electrons. The zero-order valence-electron chi connectivity index (χ0n) is 19.1. The lowest BCUT2D eigenvalue weighted by atomic mass is 10.0. The van der Waals surface area contributed by atoms with E-state index >= 15 is 0 Å². The van der Waals surface area contributed by atoms with Gasteiger partial charge in [-0.1, -0.05) is 35.3 Å². The van der Waals surface area contributed by atoms with Gasteiger partial charge in [-0.15, -0.1) is 0 Å². The van der Waals surface area contributed by atoms with Gasteiger partial charge in [0.15, 0.2) is 0 Å². The summed E-state index contributed by atoms with van der Waals surface area (Å²) in [5, 5.41) is 7.42. The number of anilines is 1. The Morgan fingerprint density at radius 1 is 1.11 bits per heavy atom. The molecule has 10 heteroatoms. The standard InChI is InChI=1S/C25H24Cl2FN3O3S/c1-3-34-21-8-4-17(5-9-21)24-14-20(30-31(24)23-10-6-18(26)13-22(23)27)15-29-35(32,33)25-11-7-19(28)12-16(25)2/h4-13,24,29H,3,14-15H2,1-2H3. The summed E-state index contributed by atoms with van der Waals surface area (Å²) in [6.07, 6.45) is 0.470. The molecule has 0 saturated heterocycles. The molecule has 6 nitrogen and oxygen atoms in total. The lowest BCUT2D eigenvalue weighted by molar-refractivity contribution is 0.340. The molecule has 0 aliphatic carbocycles. The van der Waals surface area contributed by atoms with Crippen molar-refractivity contribution in [3.8, 4) is 5.75 Å². The molecular weight excluding hydrogens is 512 g/mol. The molecule has 1 unspecified atom stereocenters. The molecule has 1 heterocycles. The van der Waals surface area contributed by atoms with Crippen molar-refractivity contribution >= 4 is 44.6 Å². The highest BCUT2D eigenvalue weighted by molar-refractivity contribution is 7.89. The zero-order chi connectivity index (χ0) is 25.2. The second-order valence-electron chi connectivity index (χ2n) is 8.06. The van der Waals surface area contributed by atoms with Gasteiger partial charge in [-0.05, 0) is 73.5 Å². The molecule has 0 aromatic heterocycles. The van der Waals surface area contributed by atoms with Crippen molar-refractivity contribution in [3.05, 3.63) is 87.7 Å². The fourth-order valence-corrected chi connectivity index (χ4v) is 5.69. The van der Waals surface area contributed by atoms with E-state index in [1.807, 2.05) is 31.2 Å². The molecule has 184 valence electrons. The summed E-state index contributed by atoms with van der Waals surface area (Å²) < 4.78 is 47.3. The molecule has 3 aromatic carbocycles. The SMILES string of the molecule is CCOc1ccc(C2CC(CNS(=O)(=O)c3ccc(F)cc3C)=NN2c2ccc(Cl)cc2Cl)cc1. The third-order valence-corrected chi connectivity index (χ3v) is 7.70. The van der Waals surface area contributed by atoms with E-state index in [0.717, 1.165) is 17.4 Å². The molecular formula is C25H24Cl2FN3O3S. The minimum atomic E-state index is -3.86. The summed E-state index contributed by atoms with van der Waals surface area (Å²) in [6.45, 7) is 4.03. The van der Waals surface area contributed by atoms with Gasteiger partial charge < -0.3 is 4.74 Å². The largest absolute Gasteiger partial charge is 0.494 e. The number of ether oxygens (including phenoxy) is 1. The Morgan fingerprint density at radius 2 is 1.86 bits per heavy atom. The first-order valence-electron chi connectivity index (χ1n) is 11.0. The van der Waals surface area contributed by atoms with Gasteiger partial charge in [0.05, 0.1) is 40.5 Å². The number of nitrogens with zero attached hydrogens (tertiary/aromatic N) is 2. The summed E-state index contributed by atoms with van der Waals surface area (Å²) in [5.74, 6) is 0.268. The predicted molar refractivity (Wildman–Crippen MR) is 138 cm³/mol. The van der Waals surface area contributed by atoms with Gasteiger partial charge in [-0.3, -0.25) is 5.01 Å². The van der Waals surface area contributed by atoms with Crippen LogP contribution in [0.15, 0.2) is 70.7 Å². The fraction of sp³-hybridized carbons (Fsp3) is 0.240. The Kier molecular flexibility index (Phi) is 7.66. The number of hydrogen-bond acceptors (Lipinski definition) is 5. The third-order valence-electron chi connectivity index (χ3n) is 5.60. The quantitative estimate of drug-likeness (QED) is 0.376. The van der Waals surface area contributed by atoms with E-state index in [-0.39, 0.29) is 17.5 Å². The molecule has 0 bridgehead atoms.